The number of amides is 1. The molecule has 1 aliphatic rings. The van der Waals surface area contributed by atoms with Crippen LogP contribution in [0.4, 0.5) is 0 Å². The molecule has 0 heterocycles. The molecule has 0 unspecified atom stereocenters. The summed E-state index contributed by atoms with van der Waals surface area (Å²) in [6, 6.07) is 0. The van der Waals surface area contributed by atoms with Gasteiger partial charge in [0, 0.05) is 18.2 Å². The van der Waals surface area contributed by atoms with Crippen molar-refractivity contribution in [2.75, 3.05) is 14.2 Å². The van der Waals surface area contributed by atoms with Gasteiger partial charge in [-0.25, -0.2) is 5.06 Å². The Balaban J connectivity index is 3.05. The van der Waals surface area contributed by atoms with Crippen LogP contribution in [0, 0.1) is 5.41 Å². The summed E-state index contributed by atoms with van der Waals surface area (Å²) in [6.07, 6.45) is 7.41. The Hall–Kier alpha value is -1.55. The van der Waals surface area contributed by atoms with Crippen LogP contribution in [0.2, 0.25) is 0 Å². The molecule has 1 aliphatic carbocycles. The van der Waals surface area contributed by atoms with Gasteiger partial charge in [0.2, 0.25) is 0 Å². The first-order valence-corrected chi connectivity index (χ1v) is 5.08. The topological polar surface area (TPSA) is 55.6 Å². The van der Waals surface area contributed by atoms with Crippen LogP contribution >= 0.6 is 0 Å². The number of carbonyl (C=O) groups is 1. The van der Waals surface area contributed by atoms with Gasteiger partial charge in [0.25, 0.3) is 5.91 Å². The second kappa shape index (κ2) is 4.53. The van der Waals surface area contributed by atoms with Crippen LogP contribution in [0.25, 0.3) is 0 Å². The molecule has 0 saturated carbocycles. The van der Waals surface area contributed by atoms with Gasteiger partial charge < -0.3 is 5.73 Å². The Labute approximate surface area is 96.0 Å². The van der Waals surface area contributed by atoms with E-state index in [-0.39, 0.29) is 11.3 Å². The van der Waals surface area contributed by atoms with Gasteiger partial charge in [0.05, 0.1) is 12.7 Å². The van der Waals surface area contributed by atoms with Gasteiger partial charge in [-0.3, -0.25) is 9.63 Å². The molecule has 0 fully saturated rings. The summed E-state index contributed by atoms with van der Waals surface area (Å²) >= 11 is 0. The van der Waals surface area contributed by atoms with E-state index in [4.69, 9.17) is 10.6 Å². The predicted octanol–water partition coefficient (Wildman–Crippen LogP) is 1.37. The first-order chi connectivity index (χ1) is 7.37. The number of nitrogens with zero attached hydrogens (tertiary/aromatic N) is 1. The molecule has 0 aliphatic heterocycles. The number of allylic oxidation sites excluding steroid dienone is 3. The van der Waals surface area contributed by atoms with E-state index in [2.05, 4.69) is 0 Å². The summed E-state index contributed by atoms with van der Waals surface area (Å²) in [7, 11) is 2.99. The smallest absolute Gasteiger partial charge is 0.279 e. The monoisotopic (exact) mass is 222 g/mol. The Bertz CT molecular complexity index is 378. The van der Waals surface area contributed by atoms with Crippen molar-refractivity contribution in [2.24, 2.45) is 11.1 Å². The lowest BCUT2D eigenvalue weighted by atomic mass is 9.93. The average Bonchev–Trinajstić information content (AvgIpc) is 2.37. The highest BCUT2D eigenvalue weighted by molar-refractivity contribution is 5.96. The van der Waals surface area contributed by atoms with E-state index in [0.29, 0.717) is 11.3 Å². The van der Waals surface area contributed by atoms with Crippen LogP contribution < -0.4 is 5.73 Å². The maximum Gasteiger partial charge on any atom is 0.279 e. The molecule has 0 atom stereocenters. The second-order valence-electron chi connectivity index (χ2n) is 4.34. The second-order valence-corrected chi connectivity index (χ2v) is 4.34. The minimum Gasteiger partial charge on any atom is -0.398 e. The van der Waals surface area contributed by atoms with Gasteiger partial charge in [-0.1, -0.05) is 32.1 Å². The summed E-state index contributed by atoms with van der Waals surface area (Å²) in [4.78, 5) is 16.7. The molecule has 1 amide bonds. The highest BCUT2D eigenvalue weighted by Gasteiger charge is 2.19. The third-order valence-electron chi connectivity index (χ3n) is 2.47. The minimum atomic E-state index is -0.251. The first kappa shape index (κ1) is 12.5. The fourth-order valence-corrected chi connectivity index (χ4v) is 1.29. The van der Waals surface area contributed by atoms with E-state index in [1.54, 1.807) is 19.2 Å². The number of hydroxylamine groups is 2. The van der Waals surface area contributed by atoms with Gasteiger partial charge in [0.1, 0.15) is 0 Å². The minimum absolute atomic E-state index is 0.0989. The van der Waals surface area contributed by atoms with Gasteiger partial charge in [-0.15, -0.1) is 0 Å². The highest BCUT2D eigenvalue weighted by Crippen LogP contribution is 2.24. The van der Waals surface area contributed by atoms with E-state index in [1.807, 2.05) is 26.0 Å². The molecule has 4 heteroatoms. The van der Waals surface area contributed by atoms with Gasteiger partial charge >= 0.3 is 0 Å². The molecule has 0 spiro atoms. The normalized spacial score (nSPS) is 18.5. The molecule has 2 N–H and O–H groups in total. The molecule has 88 valence electrons. The summed E-state index contributed by atoms with van der Waals surface area (Å²) in [5.74, 6) is -0.251. The quantitative estimate of drug-likeness (QED) is 0.718. The van der Waals surface area contributed by atoms with Crippen LogP contribution in [-0.4, -0.2) is 25.1 Å². The van der Waals surface area contributed by atoms with Crippen molar-refractivity contribution >= 4 is 5.91 Å². The Kier molecular flexibility index (Phi) is 3.55. The standard InChI is InChI=1S/C12H18N2O2/c1-12(2)7-5-9(10(13)6-8-12)11(15)14(3)16-4/h5-8H,13H2,1-4H3. The molecule has 16 heavy (non-hydrogen) atoms. The number of hydrogen-bond acceptors (Lipinski definition) is 3. The van der Waals surface area contributed by atoms with E-state index in [0.717, 1.165) is 5.06 Å². The zero-order valence-electron chi connectivity index (χ0n) is 10.2. The van der Waals surface area contributed by atoms with Crippen molar-refractivity contribution in [1.29, 1.82) is 0 Å². The average molecular weight is 222 g/mol. The predicted molar refractivity (Wildman–Crippen MR) is 63.1 cm³/mol. The van der Waals surface area contributed by atoms with E-state index >= 15 is 0 Å². The zero-order valence-corrected chi connectivity index (χ0v) is 10.2. The number of hydrogen-bond donors (Lipinski definition) is 1. The van der Waals surface area contributed by atoms with Crippen molar-refractivity contribution in [3.63, 3.8) is 0 Å². The van der Waals surface area contributed by atoms with E-state index in [9.17, 15) is 4.79 Å². The van der Waals surface area contributed by atoms with E-state index < -0.39 is 0 Å². The summed E-state index contributed by atoms with van der Waals surface area (Å²) < 4.78 is 0. The van der Waals surface area contributed by atoms with Crippen molar-refractivity contribution in [2.45, 2.75) is 13.8 Å². The molecular formula is C12H18N2O2. The van der Waals surface area contributed by atoms with Crippen molar-refractivity contribution < 1.29 is 9.63 Å². The lowest BCUT2D eigenvalue weighted by Crippen LogP contribution is -2.27. The Morgan fingerprint density at radius 3 is 2.50 bits per heavy atom. The highest BCUT2D eigenvalue weighted by atomic mass is 16.7. The third kappa shape index (κ3) is 2.73. The summed E-state index contributed by atoms with van der Waals surface area (Å²) in [6.45, 7) is 4.08. The van der Waals surface area contributed by atoms with Crippen LogP contribution in [0.15, 0.2) is 35.6 Å². The third-order valence-corrected chi connectivity index (χ3v) is 2.47. The summed E-state index contributed by atoms with van der Waals surface area (Å²) in [5.41, 5.74) is 6.64. The molecule has 0 aromatic carbocycles. The number of likely N-dealkylation sites (N-methyl/N-ethyl adjacent to an activating group) is 1. The SMILES string of the molecule is CON(C)C(=O)C1=C(N)C=CC(C)(C)C=C1. The van der Waals surface area contributed by atoms with Crippen molar-refractivity contribution in [3.05, 3.63) is 35.6 Å². The number of nitrogens with two attached hydrogens (primary N) is 1. The molecule has 0 bridgehead atoms. The number of rotatable bonds is 2. The maximum atomic E-state index is 11.9. The molecule has 4 nitrogen and oxygen atoms in total. The zero-order chi connectivity index (χ0) is 12.3. The number of carbonyl (C=O) groups excluding carboxylic acids is 1. The summed E-state index contributed by atoms with van der Waals surface area (Å²) in [5, 5.41) is 1.15. The van der Waals surface area contributed by atoms with Gasteiger partial charge in [-0.05, 0) is 6.08 Å². The lowest BCUT2D eigenvalue weighted by Gasteiger charge is -2.15. The van der Waals surface area contributed by atoms with Crippen LogP contribution in [0.1, 0.15) is 13.8 Å². The maximum absolute atomic E-state index is 11.9. The molecule has 0 aromatic rings. The molecule has 0 saturated heterocycles. The lowest BCUT2D eigenvalue weighted by molar-refractivity contribution is -0.163. The largest absolute Gasteiger partial charge is 0.398 e. The van der Waals surface area contributed by atoms with E-state index in [1.165, 1.54) is 7.11 Å². The van der Waals surface area contributed by atoms with Crippen molar-refractivity contribution in [1.82, 2.24) is 5.06 Å². The fourth-order valence-electron chi connectivity index (χ4n) is 1.29. The van der Waals surface area contributed by atoms with Crippen molar-refractivity contribution in [3.8, 4) is 0 Å². The Morgan fingerprint density at radius 1 is 1.38 bits per heavy atom. The molecular weight excluding hydrogens is 204 g/mol. The molecule has 0 radical (unpaired) electrons. The van der Waals surface area contributed by atoms with Gasteiger partial charge in [-0.2, -0.15) is 0 Å². The van der Waals surface area contributed by atoms with Crippen LogP contribution in [0.5, 0.6) is 0 Å². The molecule has 0 aromatic heterocycles. The van der Waals surface area contributed by atoms with Crippen LogP contribution in [-0.2, 0) is 9.63 Å². The first-order valence-electron chi connectivity index (χ1n) is 5.08. The molecule has 1 rings (SSSR count). The van der Waals surface area contributed by atoms with Crippen LogP contribution in [0.3, 0.4) is 0 Å². The fraction of sp³-hybridized carbons (Fsp3) is 0.417. The van der Waals surface area contributed by atoms with Gasteiger partial charge in [0.15, 0.2) is 0 Å². The Morgan fingerprint density at radius 2 is 1.94 bits per heavy atom.